The maximum Gasteiger partial charge on any atom is 0.343 e. The second-order valence-corrected chi connectivity index (χ2v) is 6.31. The molecule has 0 fully saturated rings. The second-order valence-electron chi connectivity index (χ2n) is 6.31. The summed E-state index contributed by atoms with van der Waals surface area (Å²) >= 11 is 0. The minimum atomic E-state index is -0.723. The van der Waals surface area contributed by atoms with Crippen LogP contribution in [0.2, 0.25) is 0 Å². The Bertz CT molecular complexity index is 1080. The van der Waals surface area contributed by atoms with Gasteiger partial charge in [-0.1, -0.05) is 43.3 Å². The molecule has 3 rings (SSSR count). The highest BCUT2D eigenvalue weighted by molar-refractivity contribution is 6.01. The number of carbonyl (C=O) groups excluding carboxylic acids is 3. The van der Waals surface area contributed by atoms with Gasteiger partial charge < -0.3 is 14.4 Å². The number of Topliss-reactive ketones (excluding diaryl/α,β-unsaturated/α-hetero) is 1. The molecule has 0 aliphatic rings. The van der Waals surface area contributed by atoms with Crippen LogP contribution in [0.5, 0.6) is 17.2 Å². The van der Waals surface area contributed by atoms with E-state index in [1.54, 1.807) is 67.6 Å². The maximum absolute atomic E-state index is 12.7. The third kappa shape index (κ3) is 5.15. The lowest BCUT2D eigenvalue weighted by Crippen LogP contribution is -2.15. The first-order valence-electron chi connectivity index (χ1n) is 9.50. The van der Waals surface area contributed by atoms with Crippen LogP contribution in [-0.4, -0.2) is 24.8 Å². The van der Waals surface area contributed by atoms with E-state index in [-0.39, 0.29) is 40.6 Å². The van der Waals surface area contributed by atoms with Gasteiger partial charge in [0.15, 0.2) is 11.5 Å². The molecule has 0 bridgehead atoms. The standard InChI is InChI=1S/C24H20O7/c1-3-19(25)18-14-15-20(29-23(26)16-10-6-4-7-11-16)22(21(18)31-28-2)30-24(27)17-12-8-5-9-13-17/h4-15H,3H2,1-2H3. The first-order valence-corrected chi connectivity index (χ1v) is 9.50. The van der Waals surface area contributed by atoms with Crippen molar-refractivity contribution in [1.29, 1.82) is 0 Å². The molecule has 158 valence electrons. The number of rotatable bonds is 8. The van der Waals surface area contributed by atoms with E-state index in [0.29, 0.717) is 5.56 Å². The van der Waals surface area contributed by atoms with E-state index in [0.717, 1.165) is 0 Å². The van der Waals surface area contributed by atoms with Crippen molar-refractivity contribution >= 4 is 17.7 Å². The lowest BCUT2D eigenvalue weighted by molar-refractivity contribution is -0.179. The molecule has 3 aromatic rings. The van der Waals surface area contributed by atoms with E-state index in [9.17, 15) is 14.4 Å². The van der Waals surface area contributed by atoms with E-state index in [1.165, 1.54) is 19.2 Å². The van der Waals surface area contributed by atoms with E-state index in [1.807, 2.05) is 0 Å². The Balaban J connectivity index is 2.06. The number of ether oxygens (including phenoxy) is 2. The SMILES string of the molecule is CCC(=O)c1ccc(OC(=O)c2ccccc2)c(OC(=O)c2ccccc2)c1OOC. The van der Waals surface area contributed by atoms with Crippen LogP contribution in [0.4, 0.5) is 0 Å². The molecule has 0 atom stereocenters. The lowest BCUT2D eigenvalue weighted by Gasteiger charge is -2.16. The third-order valence-electron chi connectivity index (χ3n) is 4.28. The monoisotopic (exact) mass is 420 g/mol. The molecule has 31 heavy (non-hydrogen) atoms. The van der Waals surface area contributed by atoms with Crippen LogP contribution in [0.15, 0.2) is 72.8 Å². The molecule has 3 aromatic carbocycles. The van der Waals surface area contributed by atoms with Gasteiger partial charge in [0.1, 0.15) is 0 Å². The normalized spacial score (nSPS) is 10.3. The Labute approximate surface area is 179 Å². The number of carbonyl (C=O) groups is 3. The van der Waals surface area contributed by atoms with E-state index < -0.39 is 11.9 Å². The van der Waals surface area contributed by atoms with Gasteiger partial charge in [-0.2, -0.15) is 4.89 Å². The van der Waals surface area contributed by atoms with Gasteiger partial charge in [0.25, 0.3) is 0 Å². The molecule has 0 aliphatic carbocycles. The maximum atomic E-state index is 12.7. The number of ketones is 1. The highest BCUT2D eigenvalue weighted by atomic mass is 17.2. The summed E-state index contributed by atoms with van der Waals surface area (Å²) in [4.78, 5) is 47.6. The summed E-state index contributed by atoms with van der Waals surface area (Å²) < 4.78 is 11.0. The Hall–Kier alpha value is -3.97. The molecule has 0 radical (unpaired) electrons. The fraction of sp³-hybridized carbons (Fsp3) is 0.125. The van der Waals surface area contributed by atoms with Crippen LogP contribution in [0.25, 0.3) is 0 Å². The quantitative estimate of drug-likeness (QED) is 0.172. The first-order chi connectivity index (χ1) is 15.0. The van der Waals surface area contributed by atoms with Gasteiger partial charge in [-0.05, 0) is 36.4 Å². The molecule has 0 saturated carbocycles. The van der Waals surface area contributed by atoms with Crippen LogP contribution in [0.1, 0.15) is 44.4 Å². The fourth-order valence-electron chi connectivity index (χ4n) is 2.76. The smallest absolute Gasteiger partial charge is 0.343 e. The average Bonchev–Trinajstić information content (AvgIpc) is 2.81. The Morgan fingerprint density at radius 2 is 1.26 bits per heavy atom. The minimum Gasteiger partial charge on any atom is -0.419 e. The Morgan fingerprint density at radius 1 is 0.710 bits per heavy atom. The summed E-state index contributed by atoms with van der Waals surface area (Å²) in [6, 6.07) is 19.3. The average molecular weight is 420 g/mol. The number of esters is 2. The van der Waals surface area contributed by atoms with Gasteiger partial charge >= 0.3 is 11.9 Å². The van der Waals surface area contributed by atoms with Crippen molar-refractivity contribution < 1.29 is 33.6 Å². The summed E-state index contributed by atoms with van der Waals surface area (Å²) in [7, 11) is 1.24. The molecule has 0 amide bonds. The van der Waals surface area contributed by atoms with Gasteiger partial charge in [-0.3, -0.25) is 4.79 Å². The van der Waals surface area contributed by atoms with Gasteiger partial charge in [0.2, 0.25) is 11.5 Å². The zero-order valence-corrected chi connectivity index (χ0v) is 17.0. The topological polar surface area (TPSA) is 88.1 Å². The molecule has 0 unspecified atom stereocenters. The Kier molecular flexibility index (Phi) is 7.13. The van der Waals surface area contributed by atoms with Crippen LogP contribution in [0.3, 0.4) is 0 Å². The van der Waals surface area contributed by atoms with Gasteiger partial charge in [-0.15, -0.1) is 0 Å². The summed E-state index contributed by atoms with van der Waals surface area (Å²) in [5.41, 5.74) is 0.684. The van der Waals surface area contributed by atoms with Crippen LogP contribution < -0.4 is 14.4 Å². The van der Waals surface area contributed by atoms with Gasteiger partial charge in [0.05, 0.1) is 23.8 Å². The van der Waals surface area contributed by atoms with Crippen molar-refractivity contribution in [3.8, 4) is 17.2 Å². The molecule has 0 aliphatic heterocycles. The Morgan fingerprint density at radius 3 is 1.77 bits per heavy atom. The molecular weight excluding hydrogens is 400 g/mol. The number of hydrogen-bond donors (Lipinski definition) is 0. The molecule has 0 aromatic heterocycles. The number of benzene rings is 3. The summed E-state index contributed by atoms with van der Waals surface area (Å²) in [5, 5.41) is 0. The van der Waals surface area contributed by atoms with Crippen molar-refractivity contribution in [1.82, 2.24) is 0 Å². The number of hydrogen-bond acceptors (Lipinski definition) is 7. The molecule has 0 N–H and O–H groups in total. The van der Waals surface area contributed by atoms with Crippen LogP contribution in [-0.2, 0) is 4.89 Å². The van der Waals surface area contributed by atoms with Crippen molar-refractivity contribution in [2.24, 2.45) is 0 Å². The van der Waals surface area contributed by atoms with E-state index >= 15 is 0 Å². The molecule has 0 spiro atoms. The van der Waals surface area contributed by atoms with E-state index in [2.05, 4.69) is 0 Å². The van der Waals surface area contributed by atoms with Crippen molar-refractivity contribution in [3.05, 3.63) is 89.5 Å². The molecule has 0 saturated heterocycles. The largest absolute Gasteiger partial charge is 0.419 e. The zero-order chi connectivity index (χ0) is 22.2. The summed E-state index contributed by atoms with van der Waals surface area (Å²) in [5.74, 6) is -2.16. The second kappa shape index (κ2) is 10.2. The fourth-order valence-corrected chi connectivity index (χ4v) is 2.76. The van der Waals surface area contributed by atoms with Crippen molar-refractivity contribution in [3.63, 3.8) is 0 Å². The molecule has 7 nitrogen and oxygen atoms in total. The summed E-state index contributed by atoms with van der Waals surface area (Å²) in [6.45, 7) is 1.68. The van der Waals surface area contributed by atoms with Crippen molar-refractivity contribution in [2.45, 2.75) is 13.3 Å². The highest BCUT2D eigenvalue weighted by Gasteiger charge is 2.26. The van der Waals surface area contributed by atoms with Gasteiger partial charge in [0, 0.05) is 6.42 Å². The first kappa shape index (κ1) is 21.7. The predicted octanol–water partition coefficient (Wildman–Crippen LogP) is 4.66. The third-order valence-corrected chi connectivity index (χ3v) is 4.28. The van der Waals surface area contributed by atoms with Crippen molar-refractivity contribution in [2.75, 3.05) is 7.11 Å². The van der Waals surface area contributed by atoms with Gasteiger partial charge in [-0.25, -0.2) is 9.59 Å². The summed E-state index contributed by atoms with van der Waals surface area (Å²) in [6.07, 6.45) is 0.176. The molecule has 7 heteroatoms. The lowest BCUT2D eigenvalue weighted by atomic mass is 10.1. The highest BCUT2D eigenvalue weighted by Crippen LogP contribution is 2.42. The van der Waals surface area contributed by atoms with E-state index in [4.69, 9.17) is 19.2 Å². The zero-order valence-electron chi connectivity index (χ0n) is 17.0. The molecule has 0 heterocycles. The predicted molar refractivity (Wildman–Crippen MR) is 112 cm³/mol. The minimum absolute atomic E-state index is 0.0992. The molecular formula is C24H20O7. The van der Waals surface area contributed by atoms with Crippen LogP contribution >= 0.6 is 0 Å². The van der Waals surface area contributed by atoms with Crippen LogP contribution in [0, 0.1) is 0 Å².